The number of unbranched alkanes of at least 4 members (excludes halogenated alkanes) is 3. The van der Waals surface area contributed by atoms with Crippen LogP contribution in [0.15, 0.2) is 12.4 Å². The van der Waals surface area contributed by atoms with Crippen LogP contribution in [0.2, 0.25) is 5.15 Å². The lowest BCUT2D eigenvalue weighted by Gasteiger charge is -2.15. The van der Waals surface area contributed by atoms with E-state index in [1.54, 1.807) is 10.6 Å². The number of anilines is 1. The topological polar surface area (TPSA) is 55.1 Å². The van der Waals surface area contributed by atoms with Crippen molar-refractivity contribution in [3.8, 4) is 0 Å². The second-order valence-electron chi connectivity index (χ2n) is 4.83. The molecule has 2 aromatic heterocycles. The predicted molar refractivity (Wildman–Crippen MR) is 77.6 cm³/mol. The Morgan fingerprint density at radius 2 is 2.21 bits per heavy atom. The monoisotopic (exact) mass is 281 g/mol. The summed E-state index contributed by atoms with van der Waals surface area (Å²) in [6.07, 6.45) is 7.72. The summed E-state index contributed by atoms with van der Waals surface area (Å²) in [5, 5.41) is 8.00. The van der Waals surface area contributed by atoms with Gasteiger partial charge in [-0.2, -0.15) is 19.6 Å². The Morgan fingerprint density at radius 1 is 1.37 bits per heavy atom. The van der Waals surface area contributed by atoms with Crippen LogP contribution in [0.25, 0.3) is 5.78 Å². The molecule has 0 amide bonds. The Kier molecular flexibility index (Phi) is 4.96. The van der Waals surface area contributed by atoms with E-state index >= 15 is 0 Å². The molecule has 0 aliphatic carbocycles. The maximum atomic E-state index is 5.98. The van der Waals surface area contributed by atoms with Crippen molar-refractivity contribution in [2.45, 2.75) is 52.0 Å². The highest BCUT2D eigenvalue weighted by atomic mass is 35.5. The van der Waals surface area contributed by atoms with E-state index in [4.69, 9.17) is 11.6 Å². The minimum atomic E-state index is 0.378. The van der Waals surface area contributed by atoms with E-state index in [0.717, 1.165) is 12.2 Å². The molecule has 1 atom stereocenters. The van der Waals surface area contributed by atoms with E-state index in [9.17, 15) is 0 Å². The molecule has 0 saturated heterocycles. The maximum Gasteiger partial charge on any atom is 0.255 e. The first-order valence-corrected chi connectivity index (χ1v) is 7.21. The molecular formula is C13H20ClN5. The molecular weight excluding hydrogens is 262 g/mol. The first-order valence-electron chi connectivity index (χ1n) is 6.83. The van der Waals surface area contributed by atoms with Crippen molar-refractivity contribution in [2.24, 2.45) is 0 Å². The van der Waals surface area contributed by atoms with Crippen LogP contribution >= 0.6 is 11.6 Å². The lowest BCUT2D eigenvalue weighted by atomic mass is 10.1. The highest BCUT2D eigenvalue weighted by Crippen LogP contribution is 2.17. The fourth-order valence-corrected chi connectivity index (χ4v) is 2.27. The second-order valence-corrected chi connectivity index (χ2v) is 5.22. The molecule has 0 bridgehead atoms. The van der Waals surface area contributed by atoms with Crippen LogP contribution in [0.5, 0.6) is 0 Å². The van der Waals surface area contributed by atoms with Crippen molar-refractivity contribution >= 4 is 23.2 Å². The van der Waals surface area contributed by atoms with Gasteiger partial charge in [0.05, 0.1) is 0 Å². The summed E-state index contributed by atoms with van der Waals surface area (Å²) in [6.45, 7) is 4.39. The average Bonchev–Trinajstić information content (AvgIpc) is 2.82. The van der Waals surface area contributed by atoms with Crippen molar-refractivity contribution in [1.29, 1.82) is 0 Å². The van der Waals surface area contributed by atoms with Gasteiger partial charge in [-0.25, -0.2) is 0 Å². The van der Waals surface area contributed by atoms with Crippen LogP contribution < -0.4 is 5.32 Å². The van der Waals surface area contributed by atoms with Crippen molar-refractivity contribution < 1.29 is 0 Å². The maximum absolute atomic E-state index is 5.98. The van der Waals surface area contributed by atoms with Gasteiger partial charge in [0, 0.05) is 12.1 Å². The molecule has 0 aromatic carbocycles. The number of hydrogen-bond acceptors (Lipinski definition) is 4. The number of nitrogens with zero attached hydrogens (tertiary/aromatic N) is 4. The Hall–Kier alpha value is -1.36. The van der Waals surface area contributed by atoms with Crippen LogP contribution in [-0.2, 0) is 0 Å². The highest BCUT2D eigenvalue weighted by Gasteiger charge is 2.09. The second kappa shape index (κ2) is 6.70. The van der Waals surface area contributed by atoms with Gasteiger partial charge in [0.1, 0.15) is 17.3 Å². The van der Waals surface area contributed by atoms with E-state index in [1.165, 1.54) is 32.0 Å². The van der Waals surface area contributed by atoms with Crippen molar-refractivity contribution in [3.05, 3.63) is 17.5 Å². The third kappa shape index (κ3) is 3.80. The van der Waals surface area contributed by atoms with Crippen molar-refractivity contribution in [2.75, 3.05) is 5.32 Å². The molecule has 1 unspecified atom stereocenters. The van der Waals surface area contributed by atoms with E-state index in [-0.39, 0.29) is 0 Å². The molecule has 2 aromatic rings. The van der Waals surface area contributed by atoms with Gasteiger partial charge in [-0.1, -0.05) is 44.2 Å². The van der Waals surface area contributed by atoms with Crippen LogP contribution in [0.3, 0.4) is 0 Å². The third-order valence-corrected chi connectivity index (χ3v) is 3.30. The average molecular weight is 282 g/mol. The fourth-order valence-electron chi connectivity index (χ4n) is 2.09. The Morgan fingerprint density at radius 3 is 3.00 bits per heavy atom. The number of fused-ring (bicyclic) bond motifs is 1. The molecule has 0 radical (unpaired) electrons. The summed E-state index contributed by atoms with van der Waals surface area (Å²) in [5.74, 6) is 1.36. The van der Waals surface area contributed by atoms with Gasteiger partial charge in [-0.05, 0) is 13.3 Å². The van der Waals surface area contributed by atoms with Gasteiger partial charge < -0.3 is 5.32 Å². The number of halogens is 1. The minimum absolute atomic E-state index is 0.378. The Balaban J connectivity index is 1.98. The zero-order valence-corrected chi connectivity index (χ0v) is 12.2. The summed E-state index contributed by atoms with van der Waals surface area (Å²) < 4.78 is 1.68. The molecule has 1 N–H and O–H groups in total. The normalized spacial score (nSPS) is 12.8. The van der Waals surface area contributed by atoms with Gasteiger partial charge in [0.15, 0.2) is 0 Å². The van der Waals surface area contributed by atoms with Crippen LogP contribution in [0.1, 0.15) is 46.0 Å². The summed E-state index contributed by atoms with van der Waals surface area (Å²) in [5.41, 5.74) is 0. The quantitative estimate of drug-likeness (QED) is 0.623. The SMILES string of the molecule is CCCCCCC(C)Nc1cc(Cl)nc2ncnn12. The van der Waals surface area contributed by atoms with Crippen LogP contribution in [-0.4, -0.2) is 25.6 Å². The van der Waals surface area contributed by atoms with Gasteiger partial charge in [-0.15, -0.1) is 0 Å². The molecule has 0 aliphatic rings. The van der Waals surface area contributed by atoms with E-state index in [1.807, 2.05) is 0 Å². The summed E-state index contributed by atoms with van der Waals surface area (Å²) in [7, 11) is 0. The van der Waals surface area contributed by atoms with E-state index in [0.29, 0.717) is 17.0 Å². The summed E-state index contributed by atoms with van der Waals surface area (Å²) in [6, 6.07) is 2.16. The number of rotatable bonds is 7. The number of aromatic nitrogens is 4. The lowest BCUT2D eigenvalue weighted by molar-refractivity contribution is 0.591. The van der Waals surface area contributed by atoms with E-state index in [2.05, 4.69) is 34.2 Å². The Labute approximate surface area is 118 Å². The molecule has 6 heteroatoms. The zero-order chi connectivity index (χ0) is 13.7. The van der Waals surface area contributed by atoms with Crippen molar-refractivity contribution in [1.82, 2.24) is 19.6 Å². The van der Waals surface area contributed by atoms with Crippen molar-refractivity contribution in [3.63, 3.8) is 0 Å². The predicted octanol–water partition coefficient (Wildman–Crippen LogP) is 3.55. The standard InChI is InChI=1S/C13H20ClN5/c1-3-4-5-6-7-10(2)17-12-8-11(14)18-13-15-9-16-19(12)13/h8-10,17H,3-7H2,1-2H3. The highest BCUT2D eigenvalue weighted by molar-refractivity contribution is 6.29. The minimum Gasteiger partial charge on any atom is -0.367 e. The van der Waals surface area contributed by atoms with Crippen LogP contribution in [0.4, 0.5) is 5.82 Å². The van der Waals surface area contributed by atoms with Crippen LogP contribution in [0, 0.1) is 0 Å². The molecule has 5 nitrogen and oxygen atoms in total. The Bertz CT molecular complexity index is 525. The molecule has 2 rings (SSSR count). The molecule has 104 valence electrons. The molecule has 0 spiro atoms. The molecule has 0 aliphatic heterocycles. The largest absolute Gasteiger partial charge is 0.367 e. The molecule has 0 saturated carbocycles. The molecule has 19 heavy (non-hydrogen) atoms. The third-order valence-electron chi connectivity index (χ3n) is 3.11. The first kappa shape index (κ1) is 14.1. The van der Waals surface area contributed by atoms with E-state index < -0.39 is 0 Å². The smallest absolute Gasteiger partial charge is 0.255 e. The van der Waals surface area contributed by atoms with Gasteiger partial charge >= 0.3 is 0 Å². The summed E-state index contributed by atoms with van der Waals surface area (Å²) in [4.78, 5) is 8.16. The van der Waals surface area contributed by atoms with Gasteiger partial charge in [0.2, 0.25) is 0 Å². The van der Waals surface area contributed by atoms with Gasteiger partial charge in [-0.3, -0.25) is 0 Å². The fraction of sp³-hybridized carbons (Fsp3) is 0.615. The summed E-state index contributed by atoms with van der Waals surface area (Å²) >= 11 is 5.98. The number of nitrogens with one attached hydrogen (secondary N) is 1. The molecule has 2 heterocycles. The zero-order valence-electron chi connectivity index (χ0n) is 11.4. The number of hydrogen-bond donors (Lipinski definition) is 1. The first-order chi connectivity index (χ1) is 9.20. The van der Waals surface area contributed by atoms with Gasteiger partial charge in [0.25, 0.3) is 5.78 Å². The lowest BCUT2D eigenvalue weighted by Crippen LogP contribution is -2.17. The molecule has 0 fully saturated rings.